The number of carbonyl (C=O) groups excluding carboxylic acids is 1. The van der Waals surface area contributed by atoms with Crippen molar-refractivity contribution >= 4 is 29.0 Å². The van der Waals surface area contributed by atoms with Crippen molar-refractivity contribution in [2.75, 3.05) is 5.32 Å². The lowest BCUT2D eigenvalue weighted by atomic mass is 10.1. The molecule has 136 valence electrons. The minimum absolute atomic E-state index is 0.0223. The highest BCUT2D eigenvalue weighted by molar-refractivity contribution is 7.99. The molecular weight excluding hydrogens is 360 g/mol. The monoisotopic (exact) mass is 378 g/mol. The van der Waals surface area contributed by atoms with E-state index in [1.165, 1.54) is 17.8 Å². The maximum Gasteiger partial charge on any atom is 0.283 e. The number of para-hydroxylation sites is 2. The highest BCUT2D eigenvalue weighted by Crippen LogP contribution is 2.36. The van der Waals surface area contributed by atoms with Gasteiger partial charge in [0.25, 0.3) is 11.6 Å². The molecule has 3 aromatic rings. The summed E-state index contributed by atoms with van der Waals surface area (Å²) in [6.07, 6.45) is 0.809. The molecule has 1 amide bonds. The standard InChI is InChI=1S/C21H18N2O3S/c1-2-15-9-3-5-11-17(15)22-21(24)16-10-4-7-13-19(16)27-20-14-8-6-12-18(20)23(25)26/h3-14H,2H2,1H3,(H,22,24). The van der Waals surface area contributed by atoms with Gasteiger partial charge in [-0.3, -0.25) is 14.9 Å². The molecular formula is C21H18N2O3S. The molecule has 3 rings (SSSR count). The van der Waals surface area contributed by atoms with E-state index in [0.29, 0.717) is 15.4 Å². The van der Waals surface area contributed by atoms with Crippen LogP contribution in [0.1, 0.15) is 22.8 Å². The highest BCUT2D eigenvalue weighted by Gasteiger charge is 2.18. The molecule has 0 fully saturated rings. The quantitative estimate of drug-likeness (QED) is 0.450. The molecule has 27 heavy (non-hydrogen) atoms. The Labute approximate surface area is 161 Å². The smallest absolute Gasteiger partial charge is 0.283 e. The van der Waals surface area contributed by atoms with Gasteiger partial charge in [-0.1, -0.05) is 61.2 Å². The minimum atomic E-state index is -0.414. The Kier molecular flexibility index (Phi) is 5.88. The predicted octanol–water partition coefficient (Wildman–Crippen LogP) is 5.56. The Morgan fingerprint density at radius 3 is 2.33 bits per heavy atom. The molecule has 1 N–H and O–H groups in total. The second kappa shape index (κ2) is 8.51. The number of nitro benzene ring substituents is 1. The highest BCUT2D eigenvalue weighted by atomic mass is 32.2. The lowest BCUT2D eigenvalue weighted by Gasteiger charge is -2.12. The van der Waals surface area contributed by atoms with Gasteiger partial charge >= 0.3 is 0 Å². The normalized spacial score (nSPS) is 10.4. The van der Waals surface area contributed by atoms with Crippen molar-refractivity contribution in [3.05, 3.63) is 94.0 Å². The van der Waals surface area contributed by atoms with E-state index in [2.05, 4.69) is 5.32 Å². The number of nitrogens with one attached hydrogen (secondary N) is 1. The Balaban J connectivity index is 1.90. The lowest BCUT2D eigenvalue weighted by Crippen LogP contribution is -2.14. The van der Waals surface area contributed by atoms with Crippen molar-refractivity contribution in [1.82, 2.24) is 0 Å². The number of benzene rings is 3. The Morgan fingerprint density at radius 2 is 1.59 bits per heavy atom. The summed E-state index contributed by atoms with van der Waals surface area (Å²) in [7, 11) is 0. The zero-order valence-corrected chi connectivity index (χ0v) is 15.5. The van der Waals surface area contributed by atoms with Gasteiger partial charge in [-0.05, 0) is 36.2 Å². The Morgan fingerprint density at radius 1 is 0.963 bits per heavy atom. The first kappa shape index (κ1) is 18.7. The van der Waals surface area contributed by atoms with E-state index in [1.54, 1.807) is 36.4 Å². The van der Waals surface area contributed by atoms with Gasteiger partial charge in [-0.15, -0.1) is 0 Å². The fourth-order valence-electron chi connectivity index (χ4n) is 2.70. The molecule has 0 saturated heterocycles. The zero-order chi connectivity index (χ0) is 19.2. The van der Waals surface area contributed by atoms with Crippen LogP contribution in [0.15, 0.2) is 82.6 Å². The van der Waals surface area contributed by atoms with Crippen LogP contribution in [-0.2, 0) is 6.42 Å². The molecule has 0 aromatic heterocycles. The topological polar surface area (TPSA) is 72.2 Å². The van der Waals surface area contributed by atoms with Gasteiger partial charge in [-0.25, -0.2) is 0 Å². The van der Waals surface area contributed by atoms with Gasteiger partial charge in [0.1, 0.15) is 0 Å². The third-order valence-electron chi connectivity index (χ3n) is 4.06. The second-order valence-electron chi connectivity index (χ2n) is 5.79. The number of aryl methyl sites for hydroxylation is 1. The van der Waals surface area contributed by atoms with Crippen LogP contribution in [0.25, 0.3) is 0 Å². The summed E-state index contributed by atoms with van der Waals surface area (Å²) < 4.78 is 0. The predicted molar refractivity (Wildman–Crippen MR) is 107 cm³/mol. The van der Waals surface area contributed by atoms with Crippen LogP contribution in [0.2, 0.25) is 0 Å². The van der Waals surface area contributed by atoms with Gasteiger partial charge in [0.15, 0.2) is 0 Å². The van der Waals surface area contributed by atoms with E-state index >= 15 is 0 Å². The van der Waals surface area contributed by atoms with Gasteiger partial charge in [0.2, 0.25) is 0 Å². The summed E-state index contributed by atoms with van der Waals surface area (Å²) in [6, 6.07) is 21.3. The van der Waals surface area contributed by atoms with Crippen LogP contribution < -0.4 is 5.32 Å². The molecule has 0 radical (unpaired) electrons. The van der Waals surface area contributed by atoms with E-state index in [0.717, 1.165) is 17.7 Å². The summed E-state index contributed by atoms with van der Waals surface area (Å²) in [6.45, 7) is 2.03. The molecule has 0 heterocycles. The van der Waals surface area contributed by atoms with Crippen LogP contribution in [0.3, 0.4) is 0 Å². The van der Waals surface area contributed by atoms with Crippen LogP contribution in [0, 0.1) is 10.1 Å². The first-order chi connectivity index (χ1) is 13.1. The van der Waals surface area contributed by atoms with E-state index in [1.807, 2.05) is 37.3 Å². The average molecular weight is 378 g/mol. The van der Waals surface area contributed by atoms with Gasteiger partial charge in [0, 0.05) is 16.6 Å². The summed E-state index contributed by atoms with van der Waals surface area (Å²) in [5, 5.41) is 14.2. The molecule has 6 heteroatoms. The number of amides is 1. The van der Waals surface area contributed by atoms with E-state index in [9.17, 15) is 14.9 Å². The molecule has 0 atom stereocenters. The zero-order valence-electron chi connectivity index (χ0n) is 14.7. The molecule has 3 aromatic carbocycles. The van der Waals surface area contributed by atoms with Crippen LogP contribution in [-0.4, -0.2) is 10.8 Å². The van der Waals surface area contributed by atoms with Gasteiger partial charge in [-0.2, -0.15) is 0 Å². The summed E-state index contributed by atoms with van der Waals surface area (Å²) in [5.41, 5.74) is 2.32. The number of rotatable bonds is 6. The molecule has 0 aliphatic heterocycles. The third-order valence-corrected chi connectivity index (χ3v) is 5.20. The lowest BCUT2D eigenvalue weighted by molar-refractivity contribution is -0.387. The summed E-state index contributed by atoms with van der Waals surface area (Å²) in [4.78, 5) is 24.9. The van der Waals surface area contributed by atoms with Gasteiger partial charge in [0.05, 0.1) is 15.4 Å². The largest absolute Gasteiger partial charge is 0.322 e. The molecule has 0 aliphatic rings. The molecule has 5 nitrogen and oxygen atoms in total. The molecule has 0 bridgehead atoms. The maximum atomic E-state index is 12.9. The van der Waals surface area contributed by atoms with Gasteiger partial charge < -0.3 is 5.32 Å². The fourth-order valence-corrected chi connectivity index (χ4v) is 3.74. The molecule has 0 spiro atoms. The first-order valence-electron chi connectivity index (χ1n) is 8.49. The second-order valence-corrected chi connectivity index (χ2v) is 6.87. The number of anilines is 1. The van der Waals surface area contributed by atoms with Crippen molar-refractivity contribution in [3.63, 3.8) is 0 Å². The van der Waals surface area contributed by atoms with Crippen LogP contribution in [0.4, 0.5) is 11.4 Å². The molecule has 0 aliphatic carbocycles. The number of nitro groups is 1. The van der Waals surface area contributed by atoms with Crippen molar-refractivity contribution in [3.8, 4) is 0 Å². The number of hydrogen-bond donors (Lipinski definition) is 1. The average Bonchev–Trinajstić information content (AvgIpc) is 2.69. The first-order valence-corrected chi connectivity index (χ1v) is 9.31. The van der Waals surface area contributed by atoms with E-state index < -0.39 is 4.92 Å². The third kappa shape index (κ3) is 4.35. The summed E-state index contributed by atoms with van der Waals surface area (Å²) in [5.74, 6) is -0.238. The number of nitrogens with zero attached hydrogens (tertiary/aromatic N) is 1. The van der Waals surface area contributed by atoms with Crippen LogP contribution in [0.5, 0.6) is 0 Å². The minimum Gasteiger partial charge on any atom is -0.322 e. The Hall–Kier alpha value is -3.12. The molecule has 0 unspecified atom stereocenters. The maximum absolute atomic E-state index is 12.9. The molecule has 0 saturated carbocycles. The van der Waals surface area contributed by atoms with E-state index in [-0.39, 0.29) is 11.6 Å². The van der Waals surface area contributed by atoms with E-state index in [4.69, 9.17) is 0 Å². The Bertz CT molecular complexity index is 988. The van der Waals surface area contributed by atoms with Crippen molar-refractivity contribution in [2.24, 2.45) is 0 Å². The van der Waals surface area contributed by atoms with Crippen LogP contribution >= 0.6 is 11.8 Å². The number of hydrogen-bond acceptors (Lipinski definition) is 4. The number of carbonyl (C=O) groups is 1. The van der Waals surface area contributed by atoms with Crippen molar-refractivity contribution < 1.29 is 9.72 Å². The van der Waals surface area contributed by atoms with Crippen molar-refractivity contribution in [1.29, 1.82) is 0 Å². The summed E-state index contributed by atoms with van der Waals surface area (Å²) >= 11 is 1.22. The van der Waals surface area contributed by atoms with Crippen molar-refractivity contribution in [2.45, 2.75) is 23.1 Å². The SMILES string of the molecule is CCc1ccccc1NC(=O)c1ccccc1Sc1ccccc1[N+](=O)[O-]. The fraction of sp³-hybridized carbons (Fsp3) is 0.0952.